The van der Waals surface area contributed by atoms with Crippen LogP contribution in [0.25, 0.3) is 0 Å². The minimum Gasteiger partial charge on any atom is -0.491 e. The second-order valence-corrected chi connectivity index (χ2v) is 3.77. The van der Waals surface area contributed by atoms with E-state index < -0.39 is 0 Å². The molecule has 0 bridgehead atoms. The van der Waals surface area contributed by atoms with E-state index >= 15 is 0 Å². The second kappa shape index (κ2) is 5.34. The molecule has 2 aromatic rings. The van der Waals surface area contributed by atoms with Gasteiger partial charge in [0, 0.05) is 12.5 Å². The highest BCUT2D eigenvalue weighted by atomic mass is 19.1. The highest BCUT2D eigenvalue weighted by molar-refractivity contribution is 5.52. The van der Waals surface area contributed by atoms with E-state index in [0.717, 1.165) is 6.42 Å². The molecule has 0 radical (unpaired) electrons. The maximum absolute atomic E-state index is 13.0. The van der Waals surface area contributed by atoms with Crippen molar-refractivity contribution in [2.24, 2.45) is 0 Å². The van der Waals surface area contributed by atoms with Crippen molar-refractivity contribution in [1.29, 1.82) is 0 Å². The van der Waals surface area contributed by atoms with Crippen LogP contribution in [0.1, 0.15) is 5.56 Å². The molecule has 0 unspecified atom stereocenters. The van der Waals surface area contributed by atoms with Crippen LogP contribution in [0.2, 0.25) is 0 Å². The smallest absolute Gasteiger partial charge is 0.145 e. The van der Waals surface area contributed by atoms with E-state index in [-0.39, 0.29) is 5.82 Å². The number of hydrogen-bond acceptors (Lipinski definition) is 2. The molecule has 0 heterocycles. The Bertz CT molecular complexity index is 485. The Morgan fingerprint density at radius 1 is 1.06 bits per heavy atom. The van der Waals surface area contributed by atoms with Crippen LogP contribution in [0.3, 0.4) is 0 Å². The van der Waals surface area contributed by atoms with Gasteiger partial charge in [0.2, 0.25) is 0 Å². The number of ether oxygens (including phenoxy) is 1. The van der Waals surface area contributed by atoms with E-state index in [1.165, 1.54) is 23.8 Å². The van der Waals surface area contributed by atoms with Crippen molar-refractivity contribution < 1.29 is 9.13 Å². The summed E-state index contributed by atoms with van der Waals surface area (Å²) in [7, 11) is 0. The summed E-state index contributed by atoms with van der Waals surface area (Å²) in [6, 6.07) is 14.1. The van der Waals surface area contributed by atoms with E-state index in [1.807, 2.05) is 30.3 Å². The quantitative estimate of drug-likeness (QED) is 0.821. The zero-order valence-electron chi connectivity index (χ0n) is 9.40. The van der Waals surface area contributed by atoms with Crippen molar-refractivity contribution in [3.8, 4) is 5.75 Å². The van der Waals surface area contributed by atoms with Crippen molar-refractivity contribution in [3.05, 3.63) is 59.9 Å². The number of nitrogens with two attached hydrogens (primary N) is 1. The van der Waals surface area contributed by atoms with E-state index in [0.29, 0.717) is 18.0 Å². The maximum atomic E-state index is 13.0. The van der Waals surface area contributed by atoms with Gasteiger partial charge in [0.1, 0.15) is 11.6 Å². The van der Waals surface area contributed by atoms with Gasteiger partial charge in [0.25, 0.3) is 0 Å². The second-order valence-electron chi connectivity index (χ2n) is 3.77. The van der Waals surface area contributed by atoms with Gasteiger partial charge >= 0.3 is 0 Å². The summed E-state index contributed by atoms with van der Waals surface area (Å²) in [5.41, 5.74) is 7.32. The van der Waals surface area contributed by atoms with Gasteiger partial charge in [0.05, 0.1) is 12.3 Å². The van der Waals surface area contributed by atoms with Crippen LogP contribution in [-0.4, -0.2) is 6.61 Å². The van der Waals surface area contributed by atoms with Gasteiger partial charge in [0.15, 0.2) is 0 Å². The lowest BCUT2D eigenvalue weighted by atomic mass is 10.2. The molecule has 0 aliphatic heterocycles. The van der Waals surface area contributed by atoms with E-state index in [4.69, 9.17) is 10.5 Å². The average molecular weight is 231 g/mol. The predicted molar refractivity (Wildman–Crippen MR) is 66.5 cm³/mol. The molecular weight excluding hydrogens is 217 g/mol. The minimum atomic E-state index is -0.339. The third kappa shape index (κ3) is 3.21. The normalized spacial score (nSPS) is 10.2. The first-order valence-corrected chi connectivity index (χ1v) is 5.47. The number of hydrogen-bond donors (Lipinski definition) is 1. The summed E-state index contributed by atoms with van der Waals surface area (Å²) in [6.45, 7) is 0.484. The summed E-state index contributed by atoms with van der Waals surface area (Å²) in [6.07, 6.45) is 0.775. The number of halogens is 1. The third-order valence-corrected chi connectivity index (χ3v) is 2.47. The fraction of sp³-hybridized carbons (Fsp3) is 0.143. The summed E-state index contributed by atoms with van der Waals surface area (Å²) < 4.78 is 18.4. The molecule has 2 aromatic carbocycles. The lowest BCUT2D eigenvalue weighted by Crippen LogP contribution is -2.03. The molecule has 0 amide bonds. The van der Waals surface area contributed by atoms with Crippen LogP contribution in [0.4, 0.5) is 10.1 Å². The Morgan fingerprint density at radius 2 is 1.82 bits per heavy atom. The van der Waals surface area contributed by atoms with Crippen LogP contribution >= 0.6 is 0 Å². The van der Waals surface area contributed by atoms with Crippen molar-refractivity contribution in [2.45, 2.75) is 6.42 Å². The number of rotatable bonds is 4. The number of anilines is 1. The average Bonchev–Trinajstić information content (AvgIpc) is 2.35. The zero-order valence-corrected chi connectivity index (χ0v) is 9.40. The van der Waals surface area contributed by atoms with Gasteiger partial charge in [-0.2, -0.15) is 0 Å². The Kier molecular flexibility index (Phi) is 3.60. The van der Waals surface area contributed by atoms with Gasteiger partial charge in [-0.05, 0) is 17.7 Å². The lowest BCUT2D eigenvalue weighted by molar-refractivity contribution is 0.322. The Labute approximate surface area is 99.8 Å². The third-order valence-electron chi connectivity index (χ3n) is 2.47. The summed E-state index contributed by atoms with van der Waals surface area (Å²) in [5, 5.41) is 0. The van der Waals surface area contributed by atoms with Crippen molar-refractivity contribution in [2.75, 3.05) is 12.3 Å². The van der Waals surface area contributed by atoms with Crippen molar-refractivity contribution >= 4 is 5.69 Å². The monoisotopic (exact) mass is 231 g/mol. The Balaban J connectivity index is 1.92. The first-order valence-electron chi connectivity index (χ1n) is 5.47. The van der Waals surface area contributed by atoms with Gasteiger partial charge in [-0.1, -0.05) is 30.3 Å². The zero-order chi connectivity index (χ0) is 12.1. The highest BCUT2D eigenvalue weighted by Gasteiger charge is 2.02. The molecule has 0 saturated carbocycles. The largest absolute Gasteiger partial charge is 0.491 e. The topological polar surface area (TPSA) is 35.2 Å². The van der Waals surface area contributed by atoms with Gasteiger partial charge in [-0.15, -0.1) is 0 Å². The molecular formula is C14H14FNO. The fourth-order valence-electron chi connectivity index (χ4n) is 1.56. The first-order chi connectivity index (χ1) is 8.25. The molecule has 2 nitrogen and oxygen atoms in total. The van der Waals surface area contributed by atoms with E-state index in [2.05, 4.69) is 0 Å². The van der Waals surface area contributed by atoms with Crippen LogP contribution in [0.5, 0.6) is 5.75 Å². The number of benzene rings is 2. The SMILES string of the molecule is Nc1ccc(F)cc1OCCc1ccccc1. The lowest BCUT2D eigenvalue weighted by Gasteiger charge is -2.08. The molecule has 2 rings (SSSR count). The van der Waals surface area contributed by atoms with Crippen LogP contribution in [0, 0.1) is 5.82 Å². The summed E-state index contributed by atoms with van der Waals surface area (Å²) >= 11 is 0. The van der Waals surface area contributed by atoms with Gasteiger partial charge in [-0.25, -0.2) is 4.39 Å². The summed E-state index contributed by atoms with van der Waals surface area (Å²) in [4.78, 5) is 0. The highest BCUT2D eigenvalue weighted by Crippen LogP contribution is 2.22. The Hall–Kier alpha value is -2.03. The summed E-state index contributed by atoms with van der Waals surface area (Å²) in [5.74, 6) is 0.0647. The molecule has 17 heavy (non-hydrogen) atoms. The van der Waals surface area contributed by atoms with Crippen molar-refractivity contribution in [1.82, 2.24) is 0 Å². The minimum absolute atomic E-state index is 0.339. The van der Waals surface area contributed by atoms with E-state index in [1.54, 1.807) is 0 Å². The molecule has 2 N–H and O–H groups in total. The predicted octanol–water partition coefficient (Wildman–Crippen LogP) is 3.03. The molecule has 3 heteroatoms. The van der Waals surface area contributed by atoms with E-state index in [9.17, 15) is 4.39 Å². The van der Waals surface area contributed by atoms with Gasteiger partial charge < -0.3 is 10.5 Å². The van der Waals surface area contributed by atoms with Crippen LogP contribution in [0.15, 0.2) is 48.5 Å². The molecule has 0 saturated heterocycles. The van der Waals surface area contributed by atoms with Gasteiger partial charge in [-0.3, -0.25) is 0 Å². The Morgan fingerprint density at radius 3 is 2.59 bits per heavy atom. The molecule has 0 spiro atoms. The van der Waals surface area contributed by atoms with Crippen LogP contribution in [-0.2, 0) is 6.42 Å². The first kappa shape index (κ1) is 11.5. The fourth-order valence-corrected chi connectivity index (χ4v) is 1.56. The molecule has 0 fully saturated rings. The molecule has 88 valence electrons. The number of nitrogen functional groups attached to an aromatic ring is 1. The maximum Gasteiger partial charge on any atom is 0.145 e. The van der Waals surface area contributed by atoms with Crippen LogP contribution < -0.4 is 10.5 Å². The molecule has 0 aromatic heterocycles. The van der Waals surface area contributed by atoms with Crippen molar-refractivity contribution in [3.63, 3.8) is 0 Å². The molecule has 0 atom stereocenters. The standard InChI is InChI=1S/C14H14FNO/c15-12-6-7-13(16)14(10-12)17-9-8-11-4-2-1-3-5-11/h1-7,10H,8-9,16H2. The molecule has 0 aliphatic carbocycles. The molecule has 0 aliphatic rings.